The van der Waals surface area contributed by atoms with Crippen molar-refractivity contribution in [1.29, 1.82) is 0 Å². The lowest BCUT2D eigenvalue weighted by atomic mass is 10.0. The molecule has 0 bridgehead atoms. The minimum atomic E-state index is 0.283. The molecule has 26 heavy (non-hydrogen) atoms. The monoisotopic (exact) mass is 362 g/mol. The van der Waals surface area contributed by atoms with E-state index in [1.165, 1.54) is 6.42 Å². The first-order valence-electron chi connectivity index (χ1n) is 9.72. The van der Waals surface area contributed by atoms with Gasteiger partial charge in [-0.3, -0.25) is 4.79 Å². The highest BCUT2D eigenvalue weighted by Gasteiger charge is 2.19. The van der Waals surface area contributed by atoms with E-state index >= 15 is 0 Å². The molecule has 1 aliphatic rings. The molecule has 1 unspecified atom stereocenters. The Morgan fingerprint density at radius 2 is 2.04 bits per heavy atom. The lowest BCUT2D eigenvalue weighted by molar-refractivity contribution is -0.132. The Hall–Kier alpha value is -1.75. The van der Waals surface area contributed by atoms with E-state index in [0.29, 0.717) is 18.3 Å². The fourth-order valence-corrected chi connectivity index (χ4v) is 3.51. The van der Waals surface area contributed by atoms with Crippen LogP contribution in [0.2, 0.25) is 0 Å². The zero-order valence-electron chi connectivity index (χ0n) is 16.7. The summed E-state index contributed by atoms with van der Waals surface area (Å²) in [6.07, 6.45) is 3.68. The standard InChI is InChI=1S/C21H34N2O3/c1-16(2)15-23(21(24)8-6-18-9-11-22-14-18)12-10-17-5-7-19(25-3)20(13-17)26-4/h5,7,13,16,18,22H,6,8-12,14-15H2,1-4H3. The van der Waals surface area contributed by atoms with Gasteiger partial charge in [0.2, 0.25) is 5.91 Å². The summed E-state index contributed by atoms with van der Waals surface area (Å²) in [6, 6.07) is 5.97. The number of nitrogens with one attached hydrogen (secondary N) is 1. The molecule has 1 aromatic carbocycles. The van der Waals surface area contributed by atoms with E-state index in [0.717, 1.165) is 56.1 Å². The van der Waals surface area contributed by atoms with Gasteiger partial charge in [-0.15, -0.1) is 0 Å². The van der Waals surface area contributed by atoms with Crippen molar-refractivity contribution in [1.82, 2.24) is 10.2 Å². The molecule has 1 heterocycles. The molecule has 0 radical (unpaired) electrons. The molecular weight excluding hydrogens is 328 g/mol. The van der Waals surface area contributed by atoms with Crippen LogP contribution in [0.5, 0.6) is 11.5 Å². The SMILES string of the molecule is COc1ccc(CCN(CC(C)C)C(=O)CCC2CCNC2)cc1OC. The average Bonchev–Trinajstić information content (AvgIpc) is 3.16. The maximum absolute atomic E-state index is 12.7. The maximum atomic E-state index is 12.7. The van der Waals surface area contributed by atoms with Gasteiger partial charge in [0, 0.05) is 19.5 Å². The molecule has 1 fully saturated rings. The minimum Gasteiger partial charge on any atom is -0.493 e. The van der Waals surface area contributed by atoms with Crippen molar-refractivity contribution < 1.29 is 14.3 Å². The van der Waals surface area contributed by atoms with Gasteiger partial charge < -0.3 is 19.7 Å². The summed E-state index contributed by atoms with van der Waals surface area (Å²) in [5, 5.41) is 3.38. The second kappa shape index (κ2) is 10.4. The van der Waals surface area contributed by atoms with E-state index < -0.39 is 0 Å². The fraction of sp³-hybridized carbons (Fsp3) is 0.667. The lowest BCUT2D eigenvalue weighted by Crippen LogP contribution is -2.36. The topological polar surface area (TPSA) is 50.8 Å². The Morgan fingerprint density at radius 1 is 1.27 bits per heavy atom. The molecule has 0 aliphatic carbocycles. The molecule has 1 N–H and O–H groups in total. The van der Waals surface area contributed by atoms with Gasteiger partial charge >= 0.3 is 0 Å². The highest BCUT2D eigenvalue weighted by Crippen LogP contribution is 2.27. The van der Waals surface area contributed by atoms with Crippen molar-refractivity contribution in [3.63, 3.8) is 0 Å². The van der Waals surface area contributed by atoms with Crippen LogP contribution in [0.4, 0.5) is 0 Å². The van der Waals surface area contributed by atoms with Crippen LogP contribution >= 0.6 is 0 Å². The normalized spacial score (nSPS) is 16.7. The summed E-state index contributed by atoms with van der Waals surface area (Å²) >= 11 is 0. The predicted octanol–water partition coefficient (Wildman–Crippen LogP) is 3.12. The number of rotatable bonds is 10. The quantitative estimate of drug-likeness (QED) is 0.695. The van der Waals surface area contributed by atoms with Crippen LogP contribution in [0.1, 0.15) is 38.7 Å². The Labute approximate surface area is 158 Å². The molecule has 1 aromatic rings. The van der Waals surface area contributed by atoms with Crippen LogP contribution < -0.4 is 14.8 Å². The number of hydrogen-bond acceptors (Lipinski definition) is 4. The Kier molecular flexibility index (Phi) is 8.23. The van der Waals surface area contributed by atoms with Gasteiger partial charge in [0.1, 0.15) is 0 Å². The van der Waals surface area contributed by atoms with E-state index in [9.17, 15) is 4.79 Å². The molecule has 1 atom stereocenters. The number of nitrogens with zero attached hydrogens (tertiary/aromatic N) is 1. The van der Waals surface area contributed by atoms with Crippen molar-refractivity contribution in [2.24, 2.45) is 11.8 Å². The highest BCUT2D eigenvalue weighted by atomic mass is 16.5. The van der Waals surface area contributed by atoms with Crippen LogP contribution in [-0.4, -0.2) is 51.2 Å². The van der Waals surface area contributed by atoms with Gasteiger partial charge in [-0.05, 0) is 61.9 Å². The molecule has 1 amide bonds. The number of methoxy groups -OCH3 is 2. The smallest absolute Gasteiger partial charge is 0.222 e. The molecule has 0 saturated carbocycles. The number of carbonyl (C=O) groups excluding carboxylic acids is 1. The van der Waals surface area contributed by atoms with E-state index in [2.05, 4.69) is 19.2 Å². The van der Waals surface area contributed by atoms with Crippen molar-refractivity contribution in [3.8, 4) is 11.5 Å². The summed E-state index contributed by atoms with van der Waals surface area (Å²) in [5.41, 5.74) is 1.16. The van der Waals surface area contributed by atoms with Gasteiger partial charge in [0.25, 0.3) is 0 Å². The number of carbonyl (C=O) groups is 1. The third-order valence-corrected chi connectivity index (χ3v) is 4.99. The van der Waals surface area contributed by atoms with E-state index in [-0.39, 0.29) is 5.91 Å². The molecule has 1 aliphatic heterocycles. The number of benzene rings is 1. The summed E-state index contributed by atoms with van der Waals surface area (Å²) in [5.74, 6) is 2.88. The average molecular weight is 363 g/mol. The van der Waals surface area contributed by atoms with Gasteiger partial charge in [-0.2, -0.15) is 0 Å². The molecule has 5 nitrogen and oxygen atoms in total. The van der Waals surface area contributed by atoms with Crippen molar-refractivity contribution in [2.75, 3.05) is 40.4 Å². The first-order chi connectivity index (χ1) is 12.5. The Morgan fingerprint density at radius 3 is 2.65 bits per heavy atom. The predicted molar refractivity (Wildman–Crippen MR) is 105 cm³/mol. The summed E-state index contributed by atoms with van der Waals surface area (Å²) < 4.78 is 10.7. The second-order valence-corrected chi connectivity index (χ2v) is 7.57. The minimum absolute atomic E-state index is 0.283. The first kappa shape index (κ1) is 20.6. The second-order valence-electron chi connectivity index (χ2n) is 7.57. The largest absolute Gasteiger partial charge is 0.493 e. The van der Waals surface area contributed by atoms with Gasteiger partial charge in [0.15, 0.2) is 11.5 Å². The lowest BCUT2D eigenvalue weighted by Gasteiger charge is -2.25. The molecule has 2 rings (SSSR count). The third-order valence-electron chi connectivity index (χ3n) is 4.99. The molecule has 5 heteroatoms. The van der Waals surface area contributed by atoms with Crippen LogP contribution in [0.3, 0.4) is 0 Å². The van der Waals surface area contributed by atoms with Gasteiger partial charge in [-0.25, -0.2) is 0 Å². The highest BCUT2D eigenvalue weighted by molar-refractivity contribution is 5.76. The zero-order valence-corrected chi connectivity index (χ0v) is 16.7. The van der Waals surface area contributed by atoms with Crippen LogP contribution in [0.15, 0.2) is 18.2 Å². The summed E-state index contributed by atoms with van der Waals surface area (Å²) in [6.45, 7) is 8.04. The molecule has 0 aromatic heterocycles. The van der Waals surface area contributed by atoms with Crippen LogP contribution in [0, 0.1) is 11.8 Å². The summed E-state index contributed by atoms with van der Waals surface area (Å²) in [4.78, 5) is 14.8. The van der Waals surface area contributed by atoms with Crippen LogP contribution in [-0.2, 0) is 11.2 Å². The third kappa shape index (κ3) is 6.20. The molecule has 0 spiro atoms. The molecule has 1 saturated heterocycles. The molecule has 146 valence electrons. The van der Waals surface area contributed by atoms with E-state index in [1.807, 2.05) is 23.1 Å². The number of ether oxygens (including phenoxy) is 2. The van der Waals surface area contributed by atoms with Gasteiger partial charge in [-0.1, -0.05) is 19.9 Å². The first-order valence-corrected chi connectivity index (χ1v) is 9.72. The van der Waals surface area contributed by atoms with Crippen molar-refractivity contribution in [2.45, 2.75) is 39.5 Å². The van der Waals surface area contributed by atoms with Crippen molar-refractivity contribution in [3.05, 3.63) is 23.8 Å². The van der Waals surface area contributed by atoms with Crippen LogP contribution in [0.25, 0.3) is 0 Å². The Balaban J connectivity index is 1.92. The van der Waals surface area contributed by atoms with Gasteiger partial charge in [0.05, 0.1) is 14.2 Å². The zero-order chi connectivity index (χ0) is 18.9. The number of hydrogen-bond donors (Lipinski definition) is 1. The Bertz CT molecular complexity index is 568. The van der Waals surface area contributed by atoms with E-state index in [4.69, 9.17) is 9.47 Å². The van der Waals surface area contributed by atoms with Crippen molar-refractivity contribution >= 4 is 5.91 Å². The maximum Gasteiger partial charge on any atom is 0.222 e. The number of amides is 1. The summed E-state index contributed by atoms with van der Waals surface area (Å²) in [7, 11) is 3.29. The fourth-order valence-electron chi connectivity index (χ4n) is 3.51. The molecular formula is C21H34N2O3. The van der Waals surface area contributed by atoms with E-state index in [1.54, 1.807) is 14.2 Å².